The molecule has 2 rings (SSSR count). The van der Waals surface area contributed by atoms with E-state index in [9.17, 15) is 9.59 Å². The summed E-state index contributed by atoms with van der Waals surface area (Å²) in [5.41, 5.74) is 1.06. The molecule has 0 radical (unpaired) electrons. The van der Waals surface area contributed by atoms with Gasteiger partial charge in [0.25, 0.3) is 0 Å². The van der Waals surface area contributed by atoms with Crippen LogP contribution in [0.25, 0.3) is 0 Å². The van der Waals surface area contributed by atoms with Crippen LogP contribution in [0, 0.1) is 0 Å². The van der Waals surface area contributed by atoms with Gasteiger partial charge in [0.15, 0.2) is 0 Å². The van der Waals surface area contributed by atoms with Gasteiger partial charge in [0.05, 0.1) is 13.5 Å². The zero-order chi connectivity index (χ0) is 20.2. The normalized spacial score (nSPS) is 10.2. The van der Waals surface area contributed by atoms with Crippen molar-refractivity contribution in [3.05, 3.63) is 54.1 Å². The molecule has 0 heterocycles. The number of carbonyl (C=O) groups excluding carboxylic acids is 1. The lowest BCUT2D eigenvalue weighted by Gasteiger charge is -2.10. The number of rotatable bonds is 12. The largest absolute Gasteiger partial charge is 0.497 e. The molecule has 7 nitrogen and oxygen atoms in total. The Morgan fingerprint density at radius 2 is 1.39 bits per heavy atom. The van der Waals surface area contributed by atoms with Crippen molar-refractivity contribution in [1.29, 1.82) is 0 Å². The Hall–Kier alpha value is -3.22. The highest BCUT2D eigenvalue weighted by Gasteiger charge is 2.04. The lowest BCUT2D eigenvalue weighted by atomic mass is 10.1. The highest BCUT2D eigenvalue weighted by Crippen LogP contribution is 2.17. The van der Waals surface area contributed by atoms with Crippen molar-refractivity contribution in [2.75, 3.05) is 26.9 Å². The second-order valence-electron chi connectivity index (χ2n) is 6.01. The van der Waals surface area contributed by atoms with Crippen molar-refractivity contribution >= 4 is 11.9 Å². The third-order valence-electron chi connectivity index (χ3n) is 3.91. The van der Waals surface area contributed by atoms with E-state index in [1.165, 1.54) is 0 Å². The molecule has 1 amide bonds. The lowest BCUT2D eigenvalue weighted by molar-refractivity contribution is -0.138. The average Bonchev–Trinajstić information content (AvgIpc) is 2.71. The van der Waals surface area contributed by atoms with Crippen LogP contribution in [-0.2, 0) is 16.0 Å². The highest BCUT2D eigenvalue weighted by atomic mass is 16.5. The molecular weight excluding hydrogens is 362 g/mol. The Morgan fingerprint density at radius 3 is 1.93 bits per heavy atom. The van der Waals surface area contributed by atoms with Gasteiger partial charge < -0.3 is 24.6 Å². The first-order chi connectivity index (χ1) is 13.6. The maximum absolute atomic E-state index is 11.5. The molecule has 0 bridgehead atoms. The molecule has 0 saturated heterocycles. The first kappa shape index (κ1) is 21.1. The molecule has 0 aliphatic heterocycles. The first-order valence-corrected chi connectivity index (χ1v) is 9.04. The molecule has 0 fully saturated rings. The summed E-state index contributed by atoms with van der Waals surface area (Å²) in [5, 5.41) is 11.3. The van der Waals surface area contributed by atoms with Gasteiger partial charge in [-0.1, -0.05) is 12.1 Å². The predicted octanol–water partition coefficient (Wildman–Crippen LogP) is 2.68. The molecule has 0 aliphatic rings. The zero-order valence-corrected chi connectivity index (χ0v) is 15.8. The number of hydrogen-bond donors (Lipinski definition) is 2. The molecule has 2 aromatic rings. The molecular formula is C21H25NO6. The Bertz CT molecular complexity index is 742. The number of amides is 1. The van der Waals surface area contributed by atoms with Gasteiger partial charge in [-0.25, -0.2) is 0 Å². The summed E-state index contributed by atoms with van der Waals surface area (Å²) in [4.78, 5) is 21.9. The monoisotopic (exact) mass is 387 g/mol. The van der Waals surface area contributed by atoms with Crippen molar-refractivity contribution in [1.82, 2.24) is 5.32 Å². The molecule has 0 spiro atoms. The van der Waals surface area contributed by atoms with E-state index >= 15 is 0 Å². The maximum atomic E-state index is 11.5. The number of hydrogen-bond acceptors (Lipinski definition) is 5. The Kier molecular flexibility index (Phi) is 8.65. The third kappa shape index (κ3) is 7.99. The van der Waals surface area contributed by atoms with Gasteiger partial charge in [0.1, 0.15) is 30.5 Å². The van der Waals surface area contributed by atoms with E-state index in [4.69, 9.17) is 19.3 Å². The molecule has 0 aromatic heterocycles. The van der Waals surface area contributed by atoms with Crippen molar-refractivity contribution < 1.29 is 28.9 Å². The van der Waals surface area contributed by atoms with Gasteiger partial charge in [-0.2, -0.15) is 0 Å². The molecule has 150 valence electrons. The molecule has 2 N–H and O–H groups in total. The van der Waals surface area contributed by atoms with Gasteiger partial charge in [-0.05, 0) is 48.4 Å². The van der Waals surface area contributed by atoms with Crippen molar-refractivity contribution in [2.24, 2.45) is 0 Å². The van der Waals surface area contributed by atoms with Crippen molar-refractivity contribution in [3.8, 4) is 17.2 Å². The number of carboxylic acid groups (broad SMARTS) is 1. The minimum Gasteiger partial charge on any atom is -0.497 e. The third-order valence-corrected chi connectivity index (χ3v) is 3.91. The summed E-state index contributed by atoms with van der Waals surface area (Å²) < 4.78 is 16.3. The van der Waals surface area contributed by atoms with Crippen LogP contribution in [0.15, 0.2) is 48.5 Å². The minimum atomic E-state index is -0.972. The van der Waals surface area contributed by atoms with E-state index in [-0.39, 0.29) is 18.7 Å². The van der Waals surface area contributed by atoms with E-state index in [0.29, 0.717) is 26.2 Å². The lowest BCUT2D eigenvalue weighted by Crippen LogP contribution is -2.25. The number of ether oxygens (including phenoxy) is 3. The van der Waals surface area contributed by atoms with Gasteiger partial charge in [-0.15, -0.1) is 0 Å². The van der Waals surface area contributed by atoms with Crippen LogP contribution in [0.5, 0.6) is 17.2 Å². The number of methoxy groups -OCH3 is 1. The van der Waals surface area contributed by atoms with Crippen LogP contribution >= 0.6 is 0 Å². The summed E-state index contributed by atoms with van der Waals surface area (Å²) >= 11 is 0. The van der Waals surface area contributed by atoms with E-state index in [2.05, 4.69) is 5.32 Å². The van der Waals surface area contributed by atoms with Gasteiger partial charge >= 0.3 is 5.97 Å². The fourth-order valence-corrected chi connectivity index (χ4v) is 2.40. The van der Waals surface area contributed by atoms with Gasteiger partial charge in [-0.3, -0.25) is 9.59 Å². The van der Waals surface area contributed by atoms with Crippen LogP contribution in [0.4, 0.5) is 0 Å². The summed E-state index contributed by atoms with van der Waals surface area (Å²) in [6.45, 7) is 1.32. The highest BCUT2D eigenvalue weighted by molar-refractivity contribution is 5.80. The molecule has 7 heteroatoms. The van der Waals surface area contributed by atoms with Crippen LogP contribution in [0.2, 0.25) is 0 Å². The van der Waals surface area contributed by atoms with E-state index < -0.39 is 5.97 Å². The fraction of sp³-hybridized carbons (Fsp3) is 0.333. The van der Waals surface area contributed by atoms with E-state index in [0.717, 1.165) is 22.8 Å². The topological polar surface area (TPSA) is 94.1 Å². The molecule has 2 aromatic carbocycles. The second kappa shape index (κ2) is 11.5. The zero-order valence-electron chi connectivity index (χ0n) is 15.8. The molecule has 0 aliphatic carbocycles. The summed E-state index contributed by atoms with van der Waals surface area (Å²) in [6.07, 6.45) is 0.514. The number of aliphatic carboxylic acids is 1. The quantitative estimate of drug-likeness (QED) is 0.544. The molecule has 0 unspecified atom stereocenters. The average molecular weight is 387 g/mol. The maximum Gasteiger partial charge on any atom is 0.303 e. The van der Waals surface area contributed by atoms with Crippen LogP contribution in [0.3, 0.4) is 0 Å². The van der Waals surface area contributed by atoms with Crippen LogP contribution in [0.1, 0.15) is 18.4 Å². The molecule has 0 atom stereocenters. The SMILES string of the molecule is COc1ccc(OCCOc2ccc(CCNC(=O)CCC(=O)O)cc2)cc1. The standard InChI is InChI=1S/C21H25NO6/c1-26-17-6-8-19(9-7-17)28-15-14-27-18-4-2-16(3-5-18)12-13-22-20(23)10-11-21(24)25/h2-9H,10-15H2,1H3,(H,22,23)(H,24,25). The fourth-order valence-electron chi connectivity index (χ4n) is 2.40. The number of carbonyl (C=O) groups is 2. The Labute approximate surface area is 164 Å². The van der Waals surface area contributed by atoms with Crippen LogP contribution in [-0.4, -0.2) is 43.9 Å². The second-order valence-corrected chi connectivity index (χ2v) is 6.01. The Balaban J connectivity index is 1.62. The van der Waals surface area contributed by atoms with Crippen LogP contribution < -0.4 is 19.5 Å². The van der Waals surface area contributed by atoms with E-state index in [1.807, 2.05) is 48.5 Å². The first-order valence-electron chi connectivity index (χ1n) is 9.04. The number of carboxylic acids is 1. The van der Waals surface area contributed by atoms with Gasteiger partial charge in [0, 0.05) is 13.0 Å². The number of nitrogens with one attached hydrogen (secondary N) is 1. The molecule has 0 saturated carbocycles. The van der Waals surface area contributed by atoms with Crippen molar-refractivity contribution in [2.45, 2.75) is 19.3 Å². The van der Waals surface area contributed by atoms with Crippen molar-refractivity contribution in [3.63, 3.8) is 0 Å². The smallest absolute Gasteiger partial charge is 0.303 e. The summed E-state index contributed by atoms with van der Waals surface area (Å²) in [7, 11) is 1.62. The van der Waals surface area contributed by atoms with Gasteiger partial charge in [0.2, 0.25) is 5.91 Å². The summed E-state index contributed by atoms with van der Waals surface area (Å²) in [6, 6.07) is 15.0. The predicted molar refractivity (Wildman–Crippen MR) is 104 cm³/mol. The summed E-state index contributed by atoms with van der Waals surface area (Å²) in [5.74, 6) is 1.06. The number of benzene rings is 2. The molecule has 28 heavy (non-hydrogen) atoms. The Morgan fingerprint density at radius 1 is 0.857 bits per heavy atom. The van der Waals surface area contributed by atoms with E-state index in [1.54, 1.807) is 7.11 Å². The minimum absolute atomic E-state index is 0.000702.